The minimum atomic E-state index is 0.582. The van der Waals surface area contributed by atoms with E-state index in [0.29, 0.717) is 6.04 Å². The zero-order valence-corrected chi connectivity index (χ0v) is 12.9. The number of likely N-dealkylation sites (N-methyl/N-ethyl adjacent to an activating group) is 1. The quantitative estimate of drug-likeness (QED) is 0.772. The van der Waals surface area contributed by atoms with Crippen LogP contribution in [0.1, 0.15) is 32.2 Å². The van der Waals surface area contributed by atoms with Crippen LogP contribution in [0.15, 0.2) is 0 Å². The molecule has 1 heterocycles. The first kappa shape index (κ1) is 15.5. The van der Waals surface area contributed by atoms with Crippen LogP contribution < -0.4 is 5.32 Å². The van der Waals surface area contributed by atoms with Crippen LogP contribution in [0.2, 0.25) is 5.02 Å². The molecule has 0 aliphatic heterocycles. The van der Waals surface area contributed by atoms with E-state index >= 15 is 0 Å². The third-order valence-electron chi connectivity index (χ3n) is 3.32. The first-order valence-corrected chi connectivity index (χ1v) is 6.96. The lowest BCUT2D eigenvalue weighted by Crippen LogP contribution is -2.33. The van der Waals surface area contributed by atoms with E-state index in [4.69, 9.17) is 11.6 Å². The fraction of sp³-hybridized carbons (Fsp3) is 0.769. The molecule has 0 saturated carbocycles. The van der Waals surface area contributed by atoms with Crippen LogP contribution in [0.5, 0.6) is 0 Å². The molecule has 0 radical (unpaired) electrons. The summed E-state index contributed by atoms with van der Waals surface area (Å²) in [5.74, 6) is 0. The van der Waals surface area contributed by atoms with Crippen LogP contribution in [0.25, 0.3) is 0 Å². The Morgan fingerprint density at radius 1 is 1.44 bits per heavy atom. The van der Waals surface area contributed by atoms with Gasteiger partial charge in [-0.3, -0.25) is 4.68 Å². The van der Waals surface area contributed by atoms with Crippen molar-refractivity contribution < 1.29 is 0 Å². The monoisotopic (exact) mass is 272 g/mol. The van der Waals surface area contributed by atoms with E-state index in [9.17, 15) is 0 Å². The van der Waals surface area contributed by atoms with Gasteiger partial charge in [0, 0.05) is 32.7 Å². The summed E-state index contributed by atoms with van der Waals surface area (Å²) in [6, 6.07) is 0.582. The highest BCUT2D eigenvalue weighted by Crippen LogP contribution is 2.20. The van der Waals surface area contributed by atoms with Crippen LogP contribution in [-0.2, 0) is 20.0 Å². The molecule has 1 aromatic heterocycles. The number of aromatic nitrogens is 2. The molecule has 104 valence electrons. The van der Waals surface area contributed by atoms with Gasteiger partial charge in [-0.15, -0.1) is 0 Å². The average Bonchev–Trinajstić information content (AvgIpc) is 2.60. The molecule has 0 spiro atoms. The van der Waals surface area contributed by atoms with Crippen molar-refractivity contribution in [2.45, 2.75) is 39.8 Å². The normalized spacial score (nSPS) is 11.8. The summed E-state index contributed by atoms with van der Waals surface area (Å²) in [6.07, 6.45) is 0.878. The number of rotatable bonds is 7. The molecular weight excluding hydrogens is 248 g/mol. The summed E-state index contributed by atoms with van der Waals surface area (Å²) in [7, 11) is 4.08. The molecule has 0 amide bonds. The fourth-order valence-corrected chi connectivity index (χ4v) is 2.09. The zero-order chi connectivity index (χ0) is 13.7. The largest absolute Gasteiger partial charge is 0.310 e. The van der Waals surface area contributed by atoms with Gasteiger partial charge in [0.1, 0.15) is 0 Å². The zero-order valence-electron chi connectivity index (χ0n) is 12.1. The van der Waals surface area contributed by atoms with Crippen molar-refractivity contribution in [3.63, 3.8) is 0 Å². The lowest BCUT2D eigenvalue weighted by molar-refractivity contribution is 0.273. The summed E-state index contributed by atoms with van der Waals surface area (Å²) in [5, 5.41) is 8.63. The van der Waals surface area contributed by atoms with E-state index in [1.54, 1.807) is 0 Å². The van der Waals surface area contributed by atoms with E-state index in [0.717, 1.165) is 42.5 Å². The second-order valence-corrected chi connectivity index (χ2v) is 5.31. The van der Waals surface area contributed by atoms with Gasteiger partial charge in [0.05, 0.1) is 16.4 Å². The van der Waals surface area contributed by atoms with Gasteiger partial charge in [0.25, 0.3) is 0 Å². The lowest BCUT2D eigenvalue weighted by Gasteiger charge is -2.20. The van der Waals surface area contributed by atoms with Crippen molar-refractivity contribution in [1.29, 1.82) is 0 Å². The van der Waals surface area contributed by atoms with Crippen LogP contribution in [0, 0.1) is 0 Å². The second kappa shape index (κ2) is 7.12. The molecule has 0 aromatic carbocycles. The number of hydrogen-bond acceptors (Lipinski definition) is 3. The van der Waals surface area contributed by atoms with E-state index in [1.165, 1.54) is 0 Å². The Morgan fingerprint density at radius 3 is 2.61 bits per heavy atom. The van der Waals surface area contributed by atoms with Crippen LogP contribution >= 0.6 is 11.6 Å². The first-order chi connectivity index (χ1) is 8.47. The Bertz CT molecular complexity index is 373. The SMILES string of the molecule is CCc1nn(C)c(CNCCN(C)C(C)C)c1Cl. The molecule has 5 heteroatoms. The van der Waals surface area contributed by atoms with Crippen molar-refractivity contribution >= 4 is 11.6 Å². The van der Waals surface area contributed by atoms with Crippen LogP contribution in [-0.4, -0.2) is 40.9 Å². The fourth-order valence-electron chi connectivity index (χ4n) is 1.73. The standard InChI is InChI=1S/C13H25ClN4/c1-6-11-13(14)12(18(5)16-11)9-15-7-8-17(4)10(2)3/h10,15H,6-9H2,1-5H3. The lowest BCUT2D eigenvalue weighted by atomic mass is 10.3. The molecule has 0 fully saturated rings. The predicted octanol–water partition coefficient (Wildman–Crippen LogP) is 2.07. The molecule has 0 bridgehead atoms. The van der Waals surface area contributed by atoms with Gasteiger partial charge in [-0.2, -0.15) is 5.10 Å². The molecule has 1 rings (SSSR count). The average molecular weight is 273 g/mol. The summed E-state index contributed by atoms with van der Waals surface area (Å²) in [6.45, 7) is 9.24. The molecule has 18 heavy (non-hydrogen) atoms. The number of nitrogens with zero attached hydrogens (tertiary/aromatic N) is 3. The Balaban J connectivity index is 2.42. The molecule has 0 unspecified atom stereocenters. The highest BCUT2D eigenvalue weighted by atomic mass is 35.5. The van der Waals surface area contributed by atoms with Crippen molar-refractivity contribution in [2.75, 3.05) is 20.1 Å². The molecule has 0 atom stereocenters. The smallest absolute Gasteiger partial charge is 0.0863 e. The highest BCUT2D eigenvalue weighted by Gasteiger charge is 2.12. The minimum Gasteiger partial charge on any atom is -0.310 e. The van der Waals surface area contributed by atoms with Crippen LogP contribution in [0.3, 0.4) is 0 Å². The van der Waals surface area contributed by atoms with Gasteiger partial charge in [-0.1, -0.05) is 18.5 Å². The maximum absolute atomic E-state index is 6.29. The van der Waals surface area contributed by atoms with Crippen molar-refractivity contribution in [1.82, 2.24) is 20.0 Å². The number of hydrogen-bond donors (Lipinski definition) is 1. The van der Waals surface area contributed by atoms with Gasteiger partial charge >= 0.3 is 0 Å². The number of aryl methyl sites for hydroxylation is 2. The van der Waals surface area contributed by atoms with Gasteiger partial charge in [0.15, 0.2) is 0 Å². The van der Waals surface area contributed by atoms with Gasteiger partial charge in [-0.05, 0) is 27.3 Å². The molecule has 0 saturated heterocycles. The Hall–Kier alpha value is -0.580. The third-order valence-corrected chi connectivity index (χ3v) is 3.75. The van der Waals surface area contributed by atoms with Crippen molar-refractivity contribution in [2.24, 2.45) is 7.05 Å². The molecule has 1 aromatic rings. The van der Waals surface area contributed by atoms with Crippen LogP contribution in [0.4, 0.5) is 0 Å². The summed E-state index contributed by atoms with van der Waals surface area (Å²) < 4.78 is 1.88. The molecular formula is C13H25ClN4. The predicted molar refractivity (Wildman–Crippen MR) is 77.1 cm³/mol. The topological polar surface area (TPSA) is 33.1 Å². The van der Waals surface area contributed by atoms with Gasteiger partial charge in [-0.25, -0.2) is 0 Å². The van der Waals surface area contributed by atoms with E-state index in [-0.39, 0.29) is 0 Å². The second-order valence-electron chi connectivity index (χ2n) is 4.94. The maximum Gasteiger partial charge on any atom is 0.0863 e. The van der Waals surface area contributed by atoms with E-state index in [2.05, 4.69) is 43.1 Å². The Kier molecular flexibility index (Phi) is 6.12. The molecule has 1 N–H and O–H groups in total. The summed E-state index contributed by atoms with van der Waals surface area (Å²) >= 11 is 6.29. The van der Waals surface area contributed by atoms with Crippen molar-refractivity contribution in [3.05, 3.63) is 16.4 Å². The first-order valence-electron chi connectivity index (χ1n) is 6.58. The van der Waals surface area contributed by atoms with E-state index < -0.39 is 0 Å². The van der Waals surface area contributed by atoms with Gasteiger partial charge < -0.3 is 10.2 Å². The van der Waals surface area contributed by atoms with E-state index in [1.807, 2.05) is 11.7 Å². The molecule has 0 aliphatic carbocycles. The number of nitrogens with one attached hydrogen (secondary N) is 1. The summed E-state index contributed by atoms with van der Waals surface area (Å²) in [5.41, 5.74) is 2.05. The summed E-state index contributed by atoms with van der Waals surface area (Å²) in [4.78, 5) is 2.31. The Morgan fingerprint density at radius 2 is 2.11 bits per heavy atom. The van der Waals surface area contributed by atoms with Crippen molar-refractivity contribution in [3.8, 4) is 0 Å². The Labute approximate surface area is 115 Å². The molecule has 4 nitrogen and oxygen atoms in total. The third kappa shape index (κ3) is 3.97. The van der Waals surface area contributed by atoms with Gasteiger partial charge in [0.2, 0.25) is 0 Å². The highest BCUT2D eigenvalue weighted by molar-refractivity contribution is 6.31. The minimum absolute atomic E-state index is 0.582. The maximum atomic E-state index is 6.29. The number of halogens is 1. The molecule has 0 aliphatic rings.